The lowest BCUT2D eigenvalue weighted by Gasteiger charge is -2.24. The molecule has 0 nitrogen and oxygen atoms in total. The van der Waals surface area contributed by atoms with Crippen molar-refractivity contribution < 1.29 is 0 Å². The number of fused-ring (bicyclic) bond motifs is 6. The molecule has 0 heteroatoms. The van der Waals surface area contributed by atoms with Gasteiger partial charge in [0.05, 0.1) is 0 Å². The van der Waals surface area contributed by atoms with Crippen LogP contribution in [0.5, 0.6) is 0 Å². The summed E-state index contributed by atoms with van der Waals surface area (Å²) in [4.78, 5) is 0. The summed E-state index contributed by atoms with van der Waals surface area (Å²) in [6.07, 6.45) is 0. The van der Waals surface area contributed by atoms with Crippen LogP contribution in [0, 0.1) is 6.92 Å². The van der Waals surface area contributed by atoms with E-state index in [2.05, 4.69) is 171 Å². The molecule has 9 rings (SSSR count). The fourth-order valence-electron chi connectivity index (χ4n) is 8.05. The van der Waals surface area contributed by atoms with Crippen LogP contribution in [0.3, 0.4) is 0 Å². The zero-order valence-electron chi connectivity index (χ0n) is 25.2. The molecule has 0 N–H and O–H groups in total. The Morgan fingerprint density at radius 3 is 1.29 bits per heavy atom. The molecular weight excluding hydrogens is 540 g/mol. The SMILES string of the molecule is Cc1cc(-c2ccccc2)c(C2c3ccccc3-c3cc(C4c5ccccc5-c5ccccc54)ccc32)c(-c2ccccc2)c1. The summed E-state index contributed by atoms with van der Waals surface area (Å²) in [5, 5.41) is 0. The first-order valence-electron chi connectivity index (χ1n) is 15.9. The Morgan fingerprint density at radius 1 is 0.333 bits per heavy atom. The highest BCUT2D eigenvalue weighted by molar-refractivity contribution is 5.89. The first-order chi connectivity index (χ1) is 22.3. The van der Waals surface area contributed by atoms with E-state index >= 15 is 0 Å². The van der Waals surface area contributed by atoms with Gasteiger partial charge in [-0.25, -0.2) is 0 Å². The van der Waals surface area contributed by atoms with Crippen molar-refractivity contribution in [3.05, 3.63) is 203 Å². The highest BCUT2D eigenvalue weighted by Crippen LogP contribution is 2.55. The van der Waals surface area contributed by atoms with E-state index in [1.807, 2.05) is 0 Å². The molecule has 0 aliphatic heterocycles. The van der Waals surface area contributed by atoms with Crippen LogP contribution in [0.4, 0.5) is 0 Å². The van der Waals surface area contributed by atoms with Crippen LogP contribution in [0.2, 0.25) is 0 Å². The molecule has 45 heavy (non-hydrogen) atoms. The van der Waals surface area contributed by atoms with Crippen LogP contribution in [-0.2, 0) is 0 Å². The van der Waals surface area contributed by atoms with Crippen LogP contribution >= 0.6 is 0 Å². The number of rotatable bonds is 4. The van der Waals surface area contributed by atoms with E-state index in [-0.39, 0.29) is 11.8 Å². The second-order valence-electron chi connectivity index (χ2n) is 12.5. The Bertz CT molecular complexity index is 2120. The van der Waals surface area contributed by atoms with Gasteiger partial charge in [-0.2, -0.15) is 0 Å². The van der Waals surface area contributed by atoms with Crippen molar-refractivity contribution in [2.45, 2.75) is 18.8 Å². The van der Waals surface area contributed by atoms with Gasteiger partial charge in [-0.3, -0.25) is 0 Å². The van der Waals surface area contributed by atoms with Crippen LogP contribution in [0.1, 0.15) is 50.8 Å². The zero-order chi connectivity index (χ0) is 29.9. The summed E-state index contributed by atoms with van der Waals surface area (Å²) >= 11 is 0. The first kappa shape index (κ1) is 26.0. The number of hydrogen-bond donors (Lipinski definition) is 0. The van der Waals surface area contributed by atoms with Gasteiger partial charge in [-0.15, -0.1) is 0 Å². The number of aryl methyl sites for hydroxylation is 1. The summed E-state index contributed by atoms with van der Waals surface area (Å²) in [6, 6.07) is 60.9. The van der Waals surface area contributed by atoms with Gasteiger partial charge in [-0.05, 0) is 96.4 Å². The van der Waals surface area contributed by atoms with Crippen molar-refractivity contribution in [3.8, 4) is 44.5 Å². The molecule has 2 aliphatic carbocycles. The summed E-state index contributed by atoms with van der Waals surface area (Å²) in [6.45, 7) is 2.22. The van der Waals surface area contributed by atoms with Crippen molar-refractivity contribution >= 4 is 0 Å². The van der Waals surface area contributed by atoms with Crippen molar-refractivity contribution in [3.63, 3.8) is 0 Å². The maximum atomic E-state index is 2.50. The minimum atomic E-state index is 0.124. The van der Waals surface area contributed by atoms with E-state index in [0.29, 0.717) is 0 Å². The largest absolute Gasteiger partial charge is 0.0622 e. The van der Waals surface area contributed by atoms with Crippen LogP contribution < -0.4 is 0 Å². The van der Waals surface area contributed by atoms with Crippen LogP contribution in [0.15, 0.2) is 164 Å². The molecule has 0 aromatic heterocycles. The number of hydrogen-bond acceptors (Lipinski definition) is 0. The topological polar surface area (TPSA) is 0 Å². The molecule has 1 unspecified atom stereocenters. The summed E-state index contributed by atoms with van der Waals surface area (Å²) in [5.41, 5.74) is 20.1. The summed E-state index contributed by atoms with van der Waals surface area (Å²) in [5.74, 6) is 0.354. The lowest BCUT2D eigenvalue weighted by Crippen LogP contribution is -2.06. The Labute approximate surface area is 265 Å². The van der Waals surface area contributed by atoms with Gasteiger partial charge in [0.2, 0.25) is 0 Å². The molecule has 7 aromatic carbocycles. The zero-order valence-corrected chi connectivity index (χ0v) is 25.2. The van der Waals surface area contributed by atoms with Gasteiger partial charge in [-0.1, -0.05) is 158 Å². The van der Waals surface area contributed by atoms with E-state index in [1.165, 1.54) is 83.5 Å². The van der Waals surface area contributed by atoms with Crippen molar-refractivity contribution in [2.75, 3.05) is 0 Å². The van der Waals surface area contributed by atoms with Crippen LogP contribution in [0.25, 0.3) is 44.5 Å². The Kier molecular flexibility index (Phi) is 5.96. The average molecular weight is 573 g/mol. The van der Waals surface area contributed by atoms with Gasteiger partial charge in [0.1, 0.15) is 0 Å². The third kappa shape index (κ3) is 4.06. The molecule has 0 bridgehead atoms. The standard InChI is InChI=1S/C45H32/c1-29-26-40(30-14-4-2-5-15-30)45(41(27-29)31-16-6-3-7-17-31)44-38-23-13-10-20-35(38)42-28-32(24-25-39(42)44)43-36-21-11-8-18-33(36)34-19-9-12-22-37(34)43/h2-28,43-44H,1H3. The van der Waals surface area contributed by atoms with Gasteiger partial charge >= 0.3 is 0 Å². The molecule has 7 aromatic rings. The lowest BCUT2D eigenvalue weighted by molar-refractivity contribution is 0.995. The van der Waals surface area contributed by atoms with Gasteiger partial charge in [0, 0.05) is 11.8 Å². The van der Waals surface area contributed by atoms with E-state index in [4.69, 9.17) is 0 Å². The fourth-order valence-corrected chi connectivity index (χ4v) is 8.05. The normalized spacial score (nSPS) is 14.5. The van der Waals surface area contributed by atoms with Gasteiger partial charge < -0.3 is 0 Å². The minimum absolute atomic E-state index is 0.124. The molecule has 0 heterocycles. The quantitative estimate of drug-likeness (QED) is 0.197. The third-order valence-electron chi connectivity index (χ3n) is 9.90. The molecule has 212 valence electrons. The molecule has 1 atom stereocenters. The second kappa shape index (κ2) is 10.3. The van der Waals surface area contributed by atoms with E-state index in [1.54, 1.807) is 0 Å². The highest BCUT2D eigenvalue weighted by atomic mass is 14.4. The summed E-state index contributed by atoms with van der Waals surface area (Å²) in [7, 11) is 0. The molecule has 2 aliphatic rings. The monoisotopic (exact) mass is 572 g/mol. The smallest absolute Gasteiger partial charge is 0.0364 e. The van der Waals surface area contributed by atoms with Crippen molar-refractivity contribution in [1.82, 2.24) is 0 Å². The highest BCUT2D eigenvalue weighted by Gasteiger charge is 2.35. The van der Waals surface area contributed by atoms with Crippen molar-refractivity contribution in [2.24, 2.45) is 0 Å². The minimum Gasteiger partial charge on any atom is -0.0622 e. The third-order valence-corrected chi connectivity index (χ3v) is 9.90. The van der Waals surface area contributed by atoms with E-state index in [9.17, 15) is 0 Å². The molecule has 0 saturated carbocycles. The Hall–Kier alpha value is -5.46. The van der Waals surface area contributed by atoms with Crippen molar-refractivity contribution in [1.29, 1.82) is 0 Å². The predicted octanol–water partition coefficient (Wildman–Crippen LogP) is 11.7. The molecule has 0 saturated heterocycles. The summed E-state index contributed by atoms with van der Waals surface area (Å²) < 4.78 is 0. The maximum Gasteiger partial charge on any atom is 0.0364 e. The van der Waals surface area contributed by atoms with Crippen LogP contribution in [-0.4, -0.2) is 0 Å². The number of benzene rings is 7. The van der Waals surface area contributed by atoms with Gasteiger partial charge in [0.25, 0.3) is 0 Å². The lowest BCUT2D eigenvalue weighted by atomic mass is 9.78. The predicted molar refractivity (Wildman–Crippen MR) is 188 cm³/mol. The average Bonchev–Trinajstić information content (AvgIpc) is 3.61. The van der Waals surface area contributed by atoms with Gasteiger partial charge in [0.15, 0.2) is 0 Å². The second-order valence-corrected chi connectivity index (χ2v) is 12.5. The molecule has 0 amide bonds. The molecule has 0 fully saturated rings. The molecule has 0 spiro atoms. The molecular formula is C45H32. The molecule has 0 radical (unpaired) electrons. The maximum absolute atomic E-state index is 2.50. The fraction of sp³-hybridized carbons (Fsp3) is 0.0667. The Morgan fingerprint density at radius 2 is 0.756 bits per heavy atom. The Balaban J connectivity index is 1.29. The van der Waals surface area contributed by atoms with E-state index in [0.717, 1.165) is 0 Å². The van der Waals surface area contributed by atoms with E-state index < -0.39 is 0 Å². The first-order valence-corrected chi connectivity index (χ1v) is 15.9.